The Balaban J connectivity index is 2.43. The highest BCUT2D eigenvalue weighted by atomic mass is 16.6. The summed E-state index contributed by atoms with van der Waals surface area (Å²) in [6.45, 7) is 0. The van der Waals surface area contributed by atoms with E-state index in [2.05, 4.69) is 4.98 Å². The summed E-state index contributed by atoms with van der Waals surface area (Å²) in [4.78, 5) is 34.7. The van der Waals surface area contributed by atoms with Crippen LogP contribution in [0.5, 0.6) is 0 Å². The number of cyclic esters (lactones) is 1. The van der Waals surface area contributed by atoms with Gasteiger partial charge in [-0.1, -0.05) is 0 Å². The highest BCUT2D eigenvalue weighted by molar-refractivity contribution is 5.84. The number of H-pyrrole nitrogens is 1. The summed E-state index contributed by atoms with van der Waals surface area (Å²) in [5.41, 5.74) is -1.10. The number of nitrogens with one attached hydrogen (secondary N) is 1. The molecule has 1 atom stereocenters. The fourth-order valence-corrected chi connectivity index (χ4v) is 1.14. The molecule has 0 bridgehead atoms. The second-order valence-electron chi connectivity index (χ2n) is 2.70. The summed E-state index contributed by atoms with van der Waals surface area (Å²) in [5, 5.41) is 0. The standard InChI is InChI=1S/C8H6N2O4/c11-5-3-4-10(8(13)9-5)6-1-2-7(12)14-6/h1-4,6H,(H,9,11,13). The number of esters is 1. The molecule has 0 amide bonds. The van der Waals surface area contributed by atoms with Crippen LogP contribution in [0.1, 0.15) is 6.23 Å². The fraction of sp³-hybridized carbons (Fsp3) is 0.125. The van der Waals surface area contributed by atoms with E-state index >= 15 is 0 Å². The van der Waals surface area contributed by atoms with E-state index in [-0.39, 0.29) is 0 Å². The lowest BCUT2D eigenvalue weighted by Crippen LogP contribution is -2.31. The number of rotatable bonds is 1. The molecule has 1 aliphatic rings. The van der Waals surface area contributed by atoms with E-state index in [0.717, 1.165) is 4.57 Å². The van der Waals surface area contributed by atoms with E-state index in [9.17, 15) is 14.4 Å². The van der Waals surface area contributed by atoms with E-state index in [4.69, 9.17) is 4.74 Å². The van der Waals surface area contributed by atoms with Gasteiger partial charge >= 0.3 is 11.7 Å². The van der Waals surface area contributed by atoms with Gasteiger partial charge < -0.3 is 4.74 Å². The van der Waals surface area contributed by atoms with Gasteiger partial charge in [-0.3, -0.25) is 14.3 Å². The summed E-state index contributed by atoms with van der Waals surface area (Å²) in [5.74, 6) is -0.506. The van der Waals surface area contributed by atoms with Crippen molar-refractivity contribution in [2.24, 2.45) is 0 Å². The maximum atomic E-state index is 11.2. The molecule has 0 saturated heterocycles. The number of nitrogens with zero attached hydrogens (tertiary/aromatic N) is 1. The molecule has 2 rings (SSSR count). The molecule has 0 aromatic carbocycles. The molecule has 72 valence electrons. The largest absolute Gasteiger partial charge is 0.434 e. The number of hydrogen-bond donors (Lipinski definition) is 1. The topological polar surface area (TPSA) is 81.2 Å². The van der Waals surface area contributed by atoms with Gasteiger partial charge in [0, 0.05) is 18.3 Å². The van der Waals surface area contributed by atoms with E-state index in [1.54, 1.807) is 0 Å². The number of ether oxygens (including phenoxy) is 1. The second kappa shape index (κ2) is 2.99. The molecule has 0 saturated carbocycles. The molecule has 0 fully saturated rings. The number of carbonyl (C=O) groups excluding carboxylic acids is 1. The lowest BCUT2D eigenvalue weighted by molar-refractivity contribution is -0.141. The average Bonchev–Trinajstić information content (AvgIpc) is 2.51. The lowest BCUT2D eigenvalue weighted by Gasteiger charge is -2.09. The Morgan fingerprint density at radius 3 is 2.71 bits per heavy atom. The Labute approximate surface area is 77.4 Å². The van der Waals surface area contributed by atoms with E-state index in [1.165, 1.54) is 24.4 Å². The first-order valence-electron chi connectivity index (χ1n) is 3.87. The monoisotopic (exact) mass is 194 g/mol. The molecule has 0 aliphatic carbocycles. The van der Waals surface area contributed by atoms with Crippen LogP contribution in [0.15, 0.2) is 34.0 Å². The van der Waals surface area contributed by atoms with Crippen LogP contribution in [0, 0.1) is 0 Å². The van der Waals surface area contributed by atoms with Crippen LogP contribution in [-0.4, -0.2) is 15.5 Å². The highest BCUT2D eigenvalue weighted by Gasteiger charge is 2.18. The van der Waals surface area contributed by atoms with Crippen LogP contribution in [0.2, 0.25) is 0 Å². The predicted octanol–water partition coefficient (Wildman–Crippen LogP) is -0.852. The maximum Gasteiger partial charge on any atom is 0.332 e. The van der Waals surface area contributed by atoms with Crippen molar-refractivity contribution in [3.8, 4) is 0 Å². The van der Waals surface area contributed by atoms with E-state index < -0.39 is 23.4 Å². The van der Waals surface area contributed by atoms with Gasteiger partial charge in [0.15, 0.2) is 0 Å². The molecule has 1 aromatic heterocycles. The molecule has 0 radical (unpaired) electrons. The Morgan fingerprint density at radius 2 is 2.14 bits per heavy atom. The van der Waals surface area contributed by atoms with Gasteiger partial charge in [0.1, 0.15) is 0 Å². The van der Waals surface area contributed by atoms with Gasteiger partial charge in [-0.2, -0.15) is 0 Å². The Morgan fingerprint density at radius 1 is 1.36 bits per heavy atom. The quantitative estimate of drug-likeness (QED) is 0.590. The molecule has 6 heteroatoms. The van der Waals surface area contributed by atoms with Crippen molar-refractivity contribution in [2.45, 2.75) is 6.23 Å². The fourth-order valence-electron chi connectivity index (χ4n) is 1.14. The molecular formula is C8H6N2O4. The summed E-state index contributed by atoms with van der Waals surface area (Å²) < 4.78 is 5.87. The van der Waals surface area contributed by atoms with Crippen molar-refractivity contribution in [1.82, 2.24) is 9.55 Å². The van der Waals surface area contributed by atoms with Crippen molar-refractivity contribution in [1.29, 1.82) is 0 Å². The maximum absolute atomic E-state index is 11.2. The Bertz CT molecular complexity index is 511. The van der Waals surface area contributed by atoms with Crippen LogP contribution in [0.3, 0.4) is 0 Å². The van der Waals surface area contributed by atoms with Gasteiger partial charge in [-0.05, 0) is 6.08 Å². The van der Waals surface area contributed by atoms with Crippen molar-refractivity contribution in [2.75, 3.05) is 0 Å². The molecule has 6 nitrogen and oxygen atoms in total. The highest BCUT2D eigenvalue weighted by Crippen LogP contribution is 2.13. The van der Waals surface area contributed by atoms with Crippen molar-refractivity contribution in [3.05, 3.63) is 45.3 Å². The van der Waals surface area contributed by atoms with Gasteiger partial charge in [-0.15, -0.1) is 0 Å². The average molecular weight is 194 g/mol. The first-order valence-corrected chi connectivity index (χ1v) is 3.87. The minimum absolute atomic E-state index is 0.487. The number of aromatic nitrogens is 2. The molecule has 1 N–H and O–H groups in total. The molecule has 1 aliphatic heterocycles. The zero-order valence-electron chi connectivity index (χ0n) is 6.97. The number of aromatic amines is 1. The van der Waals surface area contributed by atoms with E-state index in [0.29, 0.717) is 0 Å². The molecule has 1 unspecified atom stereocenters. The SMILES string of the molecule is O=C1C=CC(n2ccc(=O)[nH]c2=O)O1. The van der Waals surface area contributed by atoms with Crippen LogP contribution >= 0.6 is 0 Å². The zero-order chi connectivity index (χ0) is 10.1. The summed E-state index contributed by atoms with van der Waals surface area (Å²) in [6.07, 6.45) is 3.17. The predicted molar refractivity (Wildman–Crippen MR) is 45.6 cm³/mol. The first kappa shape index (κ1) is 8.49. The molecular weight excluding hydrogens is 188 g/mol. The third-order valence-electron chi connectivity index (χ3n) is 1.76. The van der Waals surface area contributed by atoms with Crippen LogP contribution in [-0.2, 0) is 9.53 Å². The minimum Gasteiger partial charge on any atom is -0.434 e. The van der Waals surface area contributed by atoms with Crippen molar-refractivity contribution < 1.29 is 9.53 Å². The van der Waals surface area contributed by atoms with Gasteiger partial charge in [0.25, 0.3) is 5.56 Å². The van der Waals surface area contributed by atoms with Crippen molar-refractivity contribution >= 4 is 5.97 Å². The summed E-state index contributed by atoms with van der Waals surface area (Å²) >= 11 is 0. The molecule has 2 heterocycles. The van der Waals surface area contributed by atoms with Crippen molar-refractivity contribution in [3.63, 3.8) is 0 Å². The smallest absolute Gasteiger partial charge is 0.332 e. The molecule has 14 heavy (non-hydrogen) atoms. The number of carbonyl (C=O) groups is 1. The van der Waals surface area contributed by atoms with Gasteiger partial charge in [0.2, 0.25) is 6.23 Å². The Kier molecular flexibility index (Phi) is 1.81. The van der Waals surface area contributed by atoms with Crippen LogP contribution < -0.4 is 11.2 Å². The molecule has 0 spiro atoms. The number of hydrogen-bond acceptors (Lipinski definition) is 4. The lowest BCUT2D eigenvalue weighted by atomic mass is 10.5. The van der Waals surface area contributed by atoms with Gasteiger partial charge in [0.05, 0.1) is 0 Å². The third kappa shape index (κ3) is 1.37. The van der Waals surface area contributed by atoms with Crippen LogP contribution in [0.4, 0.5) is 0 Å². The summed E-state index contributed by atoms with van der Waals surface area (Å²) in [6, 6.07) is 1.18. The first-order chi connectivity index (χ1) is 6.66. The normalized spacial score (nSPS) is 19.7. The summed E-state index contributed by atoms with van der Waals surface area (Å²) in [7, 11) is 0. The second-order valence-corrected chi connectivity index (χ2v) is 2.70. The van der Waals surface area contributed by atoms with Crippen LogP contribution in [0.25, 0.3) is 0 Å². The third-order valence-corrected chi connectivity index (χ3v) is 1.76. The zero-order valence-corrected chi connectivity index (χ0v) is 6.97. The Hall–Kier alpha value is -2.11. The molecule has 1 aromatic rings. The van der Waals surface area contributed by atoms with E-state index in [1.807, 2.05) is 0 Å². The van der Waals surface area contributed by atoms with Gasteiger partial charge in [-0.25, -0.2) is 9.59 Å². The minimum atomic E-state index is -0.758.